The van der Waals surface area contributed by atoms with Crippen molar-refractivity contribution in [2.75, 3.05) is 6.54 Å². The fourth-order valence-corrected chi connectivity index (χ4v) is 2.45. The Labute approximate surface area is 120 Å². The molecule has 2 aliphatic rings. The summed E-state index contributed by atoms with van der Waals surface area (Å²) in [6, 6.07) is -1.08. The minimum Gasteiger partial charge on any atom is -0.724 e. The summed E-state index contributed by atoms with van der Waals surface area (Å²) in [5.74, 6) is 0. The summed E-state index contributed by atoms with van der Waals surface area (Å²) in [4.78, 5) is 12.8. The van der Waals surface area contributed by atoms with Crippen LogP contribution in [0.1, 0.15) is 12.8 Å². The zero-order chi connectivity index (χ0) is 11.2. The molecule has 2 atom stereocenters. The molecule has 0 aliphatic carbocycles. The maximum atomic E-state index is 11.5. The van der Waals surface area contributed by atoms with Crippen LogP contribution in [0.25, 0.3) is 0 Å². The van der Waals surface area contributed by atoms with Gasteiger partial charge in [0, 0.05) is 6.54 Å². The first-order valence-corrected chi connectivity index (χ1v) is 6.05. The van der Waals surface area contributed by atoms with Crippen LogP contribution in [0.3, 0.4) is 0 Å². The molecule has 2 amide bonds. The van der Waals surface area contributed by atoms with Crippen LogP contribution >= 0.6 is 11.6 Å². The Balaban J connectivity index is 0.00000128. The fraction of sp³-hybridized carbons (Fsp3) is 0.833. The summed E-state index contributed by atoms with van der Waals surface area (Å²) in [7, 11) is -4.91. The van der Waals surface area contributed by atoms with E-state index in [0.29, 0.717) is 24.4 Å². The van der Waals surface area contributed by atoms with Crippen LogP contribution in [-0.2, 0) is 14.7 Å². The largest absolute Gasteiger partial charge is 1.00 e. The second-order valence-electron chi connectivity index (χ2n) is 3.41. The third-order valence-corrected chi connectivity index (χ3v) is 3.22. The molecule has 2 aliphatic heterocycles. The normalized spacial score (nSPS) is 29.2. The van der Waals surface area contributed by atoms with E-state index in [9.17, 15) is 17.8 Å². The molecule has 0 saturated carbocycles. The minimum atomic E-state index is -4.91. The van der Waals surface area contributed by atoms with Gasteiger partial charge in [-0.3, -0.25) is 0 Å². The van der Waals surface area contributed by atoms with Crippen LogP contribution in [0, 0.1) is 0 Å². The van der Waals surface area contributed by atoms with Gasteiger partial charge in [0.2, 0.25) is 10.4 Å². The number of alkyl halides is 1. The van der Waals surface area contributed by atoms with Crippen molar-refractivity contribution in [2.45, 2.75) is 24.4 Å². The predicted molar refractivity (Wildman–Crippen MR) is 47.4 cm³/mol. The molecule has 0 spiro atoms. The number of piperidine rings is 1. The number of amides is 2. The van der Waals surface area contributed by atoms with Crippen molar-refractivity contribution in [3.63, 3.8) is 0 Å². The number of hydrogen-bond donors (Lipinski definition) is 0. The van der Waals surface area contributed by atoms with Gasteiger partial charge < -0.3 is 9.45 Å². The van der Waals surface area contributed by atoms with Crippen molar-refractivity contribution in [1.29, 1.82) is 0 Å². The van der Waals surface area contributed by atoms with Gasteiger partial charge in [-0.15, -0.1) is 0 Å². The average Bonchev–Trinajstić information content (AvgIpc) is 2.35. The molecular formula is C6H8ClN2NaO5S. The number of hydrogen-bond acceptors (Lipinski definition) is 5. The van der Waals surface area contributed by atoms with Crippen LogP contribution in [0.2, 0.25) is 0 Å². The topological polar surface area (TPSA) is 90.0 Å². The number of rotatable bonds is 2. The third-order valence-electron chi connectivity index (χ3n) is 2.42. The molecule has 10 heteroatoms. The van der Waals surface area contributed by atoms with Gasteiger partial charge in [-0.25, -0.2) is 13.2 Å². The molecule has 16 heavy (non-hydrogen) atoms. The van der Waals surface area contributed by atoms with Crippen LogP contribution in [-0.4, -0.2) is 47.1 Å². The maximum absolute atomic E-state index is 11.5. The van der Waals surface area contributed by atoms with Crippen molar-refractivity contribution < 1.29 is 51.6 Å². The molecule has 2 saturated heterocycles. The number of fused-ring (bicyclic) bond motifs is 2. The summed E-state index contributed by atoms with van der Waals surface area (Å²) in [6.07, 6.45) is 1.07. The molecular weight excluding hydrogens is 271 g/mol. The second-order valence-corrected chi connectivity index (χ2v) is 4.88. The Morgan fingerprint density at radius 1 is 1.44 bits per heavy atom. The summed E-state index contributed by atoms with van der Waals surface area (Å²) < 4.78 is 35.2. The van der Waals surface area contributed by atoms with E-state index in [4.69, 9.17) is 11.6 Å². The predicted octanol–water partition coefficient (Wildman–Crippen LogP) is -3.15. The molecule has 0 aromatic rings. The van der Waals surface area contributed by atoms with E-state index >= 15 is 0 Å². The van der Waals surface area contributed by atoms with Crippen LogP contribution in [0.15, 0.2) is 0 Å². The number of halogens is 1. The Morgan fingerprint density at radius 3 is 2.56 bits per heavy atom. The van der Waals surface area contributed by atoms with Gasteiger partial charge >= 0.3 is 35.6 Å². The van der Waals surface area contributed by atoms with Crippen molar-refractivity contribution >= 4 is 28.0 Å². The number of carbonyl (C=O) groups excluding carboxylic acids is 1. The van der Waals surface area contributed by atoms with Gasteiger partial charge in [-0.1, -0.05) is 11.6 Å². The first-order valence-electron chi connectivity index (χ1n) is 4.28. The van der Waals surface area contributed by atoms with Crippen LogP contribution in [0.5, 0.6) is 0 Å². The molecule has 0 unspecified atom stereocenters. The van der Waals surface area contributed by atoms with E-state index < -0.39 is 28.0 Å². The minimum absolute atomic E-state index is 0. The maximum Gasteiger partial charge on any atom is 1.00 e. The van der Waals surface area contributed by atoms with Gasteiger partial charge in [-0.05, 0) is 12.8 Å². The number of hydroxylamine groups is 2. The molecule has 2 fully saturated rings. The Hall–Kier alpha value is 0.430. The van der Waals surface area contributed by atoms with Gasteiger partial charge in [-0.2, -0.15) is 9.35 Å². The van der Waals surface area contributed by atoms with E-state index in [2.05, 4.69) is 4.28 Å². The molecule has 0 aromatic heterocycles. The second kappa shape index (κ2) is 4.97. The molecule has 2 rings (SSSR count). The molecule has 0 aromatic carbocycles. The number of urea groups is 1. The Kier molecular flexibility index (Phi) is 4.50. The average molecular weight is 279 g/mol. The van der Waals surface area contributed by atoms with E-state index in [0.717, 1.165) is 0 Å². The molecule has 0 N–H and O–H groups in total. The van der Waals surface area contributed by atoms with E-state index in [1.54, 1.807) is 0 Å². The molecule has 2 bridgehead atoms. The van der Waals surface area contributed by atoms with Crippen molar-refractivity contribution in [3.8, 4) is 0 Å². The van der Waals surface area contributed by atoms with E-state index in [1.165, 1.54) is 4.90 Å². The zero-order valence-electron chi connectivity index (χ0n) is 8.50. The third kappa shape index (κ3) is 2.81. The smallest absolute Gasteiger partial charge is 0.724 e. The van der Waals surface area contributed by atoms with Crippen molar-refractivity contribution in [2.24, 2.45) is 0 Å². The van der Waals surface area contributed by atoms with Gasteiger partial charge in [0.15, 0.2) is 0 Å². The van der Waals surface area contributed by atoms with Gasteiger partial charge in [0.1, 0.15) is 5.50 Å². The van der Waals surface area contributed by atoms with Crippen molar-refractivity contribution in [3.05, 3.63) is 0 Å². The molecule has 2 heterocycles. The van der Waals surface area contributed by atoms with Crippen molar-refractivity contribution in [1.82, 2.24) is 9.96 Å². The van der Waals surface area contributed by atoms with Crippen LogP contribution < -0.4 is 29.6 Å². The Morgan fingerprint density at radius 2 is 2.06 bits per heavy atom. The molecule has 86 valence electrons. The van der Waals surface area contributed by atoms with Crippen LogP contribution in [0.4, 0.5) is 4.79 Å². The monoisotopic (exact) mass is 278 g/mol. The SMILES string of the molecule is O=C1N2C[C@@H](CC[C@H]2Cl)N1OS(=O)(=O)[O-].[Na+]. The summed E-state index contributed by atoms with van der Waals surface area (Å²) >= 11 is 5.84. The molecule has 7 nitrogen and oxygen atoms in total. The van der Waals surface area contributed by atoms with Gasteiger partial charge in [0.05, 0.1) is 6.04 Å². The number of carbonyl (C=O) groups is 1. The number of nitrogens with zero attached hydrogens (tertiary/aromatic N) is 2. The van der Waals surface area contributed by atoms with E-state index in [1.807, 2.05) is 0 Å². The summed E-state index contributed by atoms with van der Waals surface area (Å²) in [6.45, 7) is 0.294. The quantitative estimate of drug-likeness (QED) is 0.175. The first-order chi connectivity index (χ1) is 6.88. The van der Waals surface area contributed by atoms with Gasteiger partial charge in [0.25, 0.3) is 0 Å². The molecule has 0 radical (unpaired) electrons. The Bertz CT molecular complexity index is 390. The summed E-state index contributed by atoms with van der Waals surface area (Å²) in [5, 5.41) is 0.602. The standard InChI is InChI=1S/C6H9ClN2O5S.Na/c7-5-2-1-4-3-8(5)6(10)9(4)14-15(11,12)13;/h4-5H,1-3H2,(H,11,12,13);/q;+1/p-1/t4-,5+;/m1./s1. The fourth-order valence-electron chi connectivity index (χ4n) is 1.78. The van der Waals surface area contributed by atoms with E-state index in [-0.39, 0.29) is 29.6 Å². The zero-order valence-corrected chi connectivity index (χ0v) is 12.1. The summed E-state index contributed by atoms with van der Waals surface area (Å²) in [5.41, 5.74) is -0.461. The first kappa shape index (κ1) is 14.5.